The first-order valence-electron chi connectivity index (χ1n) is 9.88. The summed E-state index contributed by atoms with van der Waals surface area (Å²) in [6, 6.07) is 9.88. The maximum atomic E-state index is 12.6. The number of carbonyl (C=O) groups is 2. The zero-order valence-electron chi connectivity index (χ0n) is 18.5. The van der Waals surface area contributed by atoms with Crippen LogP contribution in [0.25, 0.3) is 10.2 Å². The number of thiazole rings is 1. The molecule has 2 aromatic carbocycles. The molecule has 0 aliphatic carbocycles. The highest BCUT2D eigenvalue weighted by molar-refractivity contribution is 7.92. The van der Waals surface area contributed by atoms with Crippen molar-refractivity contribution in [2.24, 2.45) is 4.99 Å². The Morgan fingerprint density at radius 2 is 1.68 bits per heavy atom. The number of methoxy groups -OCH3 is 1. The molecule has 0 bridgehead atoms. The number of aromatic nitrogens is 1. The quantitative estimate of drug-likeness (QED) is 0.403. The van der Waals surface area contributed by atoms with E-state index in [2.05, 4.69) is 4.99 Å². The average Bonchev–Trinajstić information content (AvgIpc) is 3.08. The van der Waals surface area contributed by atoms with Gasteiger partial charge in [0.25, 0.3) is 5.91 Å². The third-order valence-corrected chi connectivity index (χ3v) is 8.40. The molecule has 1 heterocycles. The largest absolute Gasteiger partial charge is 0.497 e. The van der Waals surface area contributed by atoms with Gasteiger partial charge in [-0.05, 0) is 49.4 Å². The first-order valence-corrected chi connectivity index (χ1v) is 14.2. The number of ether oxygens (including phenoxy) is 2. The van der Waals surface area contributed by atoms with E-state index < -0.39 is 37.3 Å². The summed E-state index contributed by atoms with van der Waals surface area (Å²) in [5.41, 5.74) is 0.454. The van der Waals surface area contributed by atoms with Gasteiger partial charge in [-0.2, -0.15) is 4.99 Å². The van der Waals surface area contributed by atoms with Gasteiger partial charge < -0.3 is 14.0 Å². The minimum Gasteiger partial charge on any atom is -0.497 e. The molecule has 0 unspecified atom stereocenters. The number of fused-ring (bicyclic) bond motifs is 1. The van der Waals surface area contributed by atoms with E-state index in [-0.39, 0.29) is 27.7 Å². The molecule has 0 radical (unpaired) electrons. The summed E-state index contributed by atoms with van der Waals surface area (Å²) in [5.74, 6) is -1.95. The molecule has 3 aromatic rings. The molecule has 0 aliphatic heterocycles. The third kappa shape index (κ3) is 5.90. The van der Waals surface area contributed by atoms with Crippen molar-refractivity contribution in [3.8, 4) is 5.75 Å². The van der Waals surface area contributed by atoms with E-state index in [0.29, 0.717) is 16.0 Å². The van der Waals surface area contributed by atoms with Gasteiger partial charge in [-0.15, -0.1) is 0 Å². The van der Waals surface area contributed by atoms with Crippen molar-refractivity contribution in [2.75, 3.05) is 25.7 Å². The Morgan fingerprint density at radius 1 is 1.03 bits per heavy atom. The second-order valence-electron chi connectivity index (χ2n) is 7.12. The Balaban J connectivity index is 2.03. The monoisotopic (exact) mass is 526 g/mol. The van der Waals surface area contributed by atoms with Gasteiger partial charge in [-0.1, -0.05) is 11.3 Å². The lowest BCUT2D eigenvalue weighted by Gasteiger charge is -2.06. The lowest BCUT2D eigenvalue weighted by molar-refractivity contribution is -0.143. The Hall–Kier alpha value is -3.03. The van der Waals surface area contributed by atoms with E-state index in [9.17, 15) is 26.4 Å². The maximum Gasteiger partial charge on any atom is 0.326 e. The number of carbonyl (C=O) groups excluding carboxylic acids is 2. The number of nitrogens with zero attached hydrogens (tertiary/aromatic N) is 2. The summed E-state index contributed by atoms with van der Waals surface area (Å²) in [6.07, 6.45) is 1.06. The fourth-order valence-electron chi connectivity index (χ4n) is 3.03. The zero-order valence-corrected chi connectivity index (χ0v) is 21.0. The summed E-state index contributed by atoms with van der Waals surface area (Å²) in [5, 5.41) is 0. The smallest absolute Gasteiger partial charge is 0.326 e. The normalized spacial score (nSPS) is 12.6. The van der Waals surface area contributed by atoms with E-state index >= 15 is 0 Å². The highest BCUT2D eigenvalue weighted by atomic mass is 32.2. The van der Waals surface area contributed by atoms with E-state index in [1.54, 1.807) is 6.92 Å². The number of esters is 1. The van der Waals surface area contributed by atoms with Gasteiger partial charge in [0.2, 0.25) is 0 Å². The van der Waals surface area contributed by atoms with Crippen molar-refractivity contribution in [1.29, 1.82) is 0 Å². The summed E-state index contributed by atoms with van der Waals surface area (Å²) in [7, 11) is -6.03. The van der Waals surface area contributed by atoms with E-state index in [0.717, 1.165) is 17.6 Å². The van der Waals surface area contributed by atoms with Crippen molar-refractivity contribution in [3.63, 3.8) is 0 Å². The highest BCUT2D eigenvalue weighted by Crippen LogP contribution is 2.22. The van der Waals surface area contributed by atoms with Gasteiger partial charge in [0, 0.05) is 6.26 Å². The SMILES string of the molecule is CCOC(=O)Cn1c(=NC(=O)CS(=O)(=O)c2ccc(OC)cc2)sc2cc(S(C)(=O)=O)ccc21. The lowest BCUT2D eigenvalue weighted by Crippen LogP contribution is -2.24. The number of amides is 1. The molecule has 1 amide bonds. The first-order chi connectivity index (χ1) is 15.9. The Bertz CT molecular complexity index is 1520. The summed E-state index contributed by atoms with van der Waals surface area (Å²) in [4.78, 5) is 28.7. The Kier molecular flexibility index (Phi) is 7.58. The second-order valence-corrected chi connectivity index (χ2v) is 12.1. The first kappa shape index (κ1) is 25.6. The van der Waals surface area contributed by atoms with Crippen LogP contribution >= 0.6 is 11.3 Å². The van der Waals surface area contributed by atoms with Crippen LogP contribution in [-0.4, -0.2) is 59.0 Å². The Labute approximate surface area is 200 Å². The molecule has 0 saturated heterocycles. The maximum absolute atomic E-state index is 12.6. The van der Waals surface area contributed by atoms with E-state index in [1.807, 2.05) is 0 Å². The van der Waals surface area contributed by atoms with Crippen LogP contribution in [0.3, 0.4) is 0 Å². The predicted molar refractivity (Wildman–Crippen MR) is 125 cm³/mol. The van der Waals surface area contributed by atoms with Gasteiger partial charge >= 0.3 is 5.97 Å². The van der Waals surface area contributed by atoms with Gasteiger partial charge in [0.15, 0.2) is 24.5 Å². The number of sulfone groups is 2. The van der Waals surface area contributed by atoms with Crippen molar-refractivity contribution in [2.45, 2.75) is 23.3 Å². The van der Waals surface area contributed by atoms with Gasteiger partial charge in [-0.25, -0.2) is 16.8 Å². The fraction of sp³-hybridized carbons (Fsp3) is 0.286. The van der Waals surface area contributed by atoms with E-state index in [1.165, 1.54) is 54.1 Å². The summed E-state index contributed by atoms with van der Waals surface area (Å²) >= 11 is 0.961. The molecule has 10 nitrogen and oxygen atoms in total. The average molecular weight is 527 g/mol. The van der Waals surface area contributed by atoms with E-state index in [4.69, 9.17) is 9.47 Å². The fourth-order valence-corrected chi connectivity index (χ4v) is 5.94. The van der Waals surface area contributed by atoms with Crippen LogP contribution in [0.1, 0.15) is 6.92 Å². The number of benzene rings is 2. The Morgan fingerprint density at radius 3 is 2.26 bits per heavy atom. The number of rotatable bonds is 8. The molecule has 34 heavy (non-hydrogen) atoms. The second kappa shape index (κ2) is 10.1. The molecule has 0 fully saturated rings. The van der Waals surface area contributed by atoms with Crippen molar-refractivity contribution >= 4 is 53.1 Å². The molecule has 0 aliphatic rings. The van der Waals surface area contributed by atoms with Gasteiger partial charge in [0.05, 0.1) is 33.7 Å². The van der Waals surface area contributed by atoms with Crippen LogP contribution < -0.4 is 9.54 Å². The molecule has 3 rings (SSSR count). The highest BCUT2D eigenvalue weighted by Gasteiger charge is 2.20. The molecule has 182 valence electrons. The molecule has 13 heteroatoms. The van der Waals surface area contributed by atoms with Crippen molar-refractivity contribution < 1.29 is 35.9 Å². The third-order valence-electron chi connectivity index (χ3n) is 4.63. The summed E-state index contributed by atoms with van der Waals surface area (Å²) < 4.78 is 60.9. The van der Waals surface area contributed by atoms with Crippen LogP contribution in [0, 0.1) is 0 Å². The van der Waals surface area contributed by atoms with Crippen LogP contribution in [0.2, 0.25) is 0 Å². The van der Waals surface area contributed by atoms with Crippen molar-refractivity contribution in [1.82, 2.24) is 4.57 Å². The molecule has 0 saturated carbocycles. The van der Waals surface area contributed by atoms with Gasteiger partial charge in [-0.3, -0.25) is 9.59 Å². The molecule has 0 spiro atoms. The van der Waals surface area contributed by atoms with Crippen molar-refractivity contribution in [3.05, 3.63) is 47.3 Å². The summed E-state index contributed by atoms with van der Waals surface area (Å²) in [6.45, 7) is 1.50. The minimum atomic E-state index is -3.98. The molecular weight excluding hydrogens is 504 g/mol. The molecule has 0 atom stereocenters. The lowest BCUT2D eigenvalue weighted by atomic mass is 10.3. The standard InChI is InChI=1S/C21H22N2O8S3/c1-4-31-20(25)12-23-17-10-9-16(33(3,26)27)11-18(17)32-21(23)22-19(24)13-34(28,29)15-7-5-14(30-2)6-8-15/h5-11H,4,12-13H2,1-3H3. The number of hydrogen-bond acceptors (Lipinski definition) is 9. The molecule has 0 N–H and O–H groups in total. The molecule has 1 aromatic heterocycles. The van der Waals surface area contributed by atoms with Crippen LogP contribution in [0.4, 0.5) is 0 Å². The van der Waals surface area contributed by atoms with Crippen LogP contribution in [0.5, 0.6) is 5.75 Å². The minimum absolute atomic E-state index is 0.0450. The number of hydrogen-bond donors (Lipinski definition) is 0. The van der Waals surface area contributed by atoms with Gasteiger partial charge in [0.1, 0.15) is 18.0 Å². The topological polar surface area (TPSA) is 138 Å². The van der Waals surface area contributed by atoms with Crippen LogP contribution in [0.15, 0.2) is 57.2 Å². The predicted octanol–water partition coefficient (Wildman–Crippen LogP) is 1.58. The van der Waals surface area contributed by atoms with Crippen LogP contribution in [-0.2, 0) is 40.5 Å². The zero-order chi connectivity index (χ0) is 25.1. The molecular formula is C21H22N2O8S3.